The second kappa shape index (κ2) is 7.51. The summed E-state index contributed by atoms with van der Waals surface area (Å²) in [4.78, 5) is 16.1. The normalized spacial score (nSPS) is 12.0. The van der Waals surface area contributed by atoms with Gasteiger partial charge in [-0.15, -0.1) is 0 Å². The molecule has 1 aromatic carbocycles. The van der Waals surface area contributed by atoms with Crippen LogP contribution in [0.25, 0.3) is 0 Å². The van der Waals surface area contributed by atoms with Crippen LogP contribution in [0.15, 0.2) is 47.5 Å². The van der Waals surface area contributed by atoms with Crippen LogP contribution in [0.5, 0.6) is 0 Å². The van der Waals surface area contributed by atoms with Crippen molar-refractivity contribution in [3.05, 3.63) is 58.9 Å². The highest BCUT2D eigenvalue weighted by Crippen LogP contribution is 2.18. The fourth-order valence-electron chi connectivity index (χ4n) is 2.16. The van der Waals surface area contributed by atoms with Crippen molar-refractivity contribution < 1.29 is 13.2 Å². The molecule has 2 N–H and O–H groups in total. The Kier molecular flexibility index (Phi) is 5.82. The molecule has 0 spiro atoms. The summed E-state index contributed by atoms with van der Waals surface area (Å²) in [7, 11) is -3.70. The van der Waals surface area contributed by atoms with Crippen LogP contribution < -0.4 is 10.0 Å². The number of amides is 1. The number of aromatic nitrogens is 1. The van der Waals surface area contributed by atoms with Gasteiger partial charge in [-0.1, -0.05) is 29.8 Å². The van der Waals surface area contributed by atoms with Gasteiger partial charge >= 0.3 is 0 Å². The van der Waals surface area contributed by atoms with E-state index in [1.807, 2.05) is 0 Å². The van der Waals surface area contributed by atoms with E-state index in [0.717, 1.165) is 0 Å². The van der Waals surface area contributed by atoms with Gasteiger partial charge in [-0.3, -0.25) is 4.79 Å². The van der Waals surface area contributed by atoms with E-state index in [0.29, 0.717) is 16.3 Å². The number of hydrogen-bond acceptors (Lipinski definition) is 4. The zero-order valence-electron chi connectivity index (χ0n) is 14.2. The third-order valence-electron chi connectivity index (χ3n) is 3.13. The molecule has 2 rings (SSSR count). The Morgan fingerprint density at radius 1 is 1.16 bits per heavy atom. The standard InChI is InChI=1S/C17H20ClN3O3S/c1-17(2,3)21-25(23,24)14-7-5-4-6-12(14)10-20-16(22)13-8-9-15(18)19-11-13/h4-9,11,21H,10H2,1-3H3,(H,20,22). The first-order valence-corrected chi connectivity index (χ1v) is 9.46. The summed E-state index contributed by atoms with van der Waals surface area (Å²) in [5.41, 5.74) is 0.233. The number of sulfonamides is 1. The maximum atomic E-state index is 12.6. The van der Waals surface area contributed by atoms with Crippen molar-refractivity contribution in [2.24, 2.45) is 0 Å². The van der Waals surface area contributed by atoms with Crippen molar-refractivity contribution in [2.75, 3.05) is 0 Å². The molecular weight excluding hydrogens is 362 g/mol. The Hall–Kier alpha value is -1.96. The summed E-state index contributed by atoms with van der Waals surface area (Å²) >= 11 is 5.70. The van der Waals surface area contributed by atoms with Crippen LogP contribution >= 0.6 is 11.6 Å². The van der Waals surface area contributed by atoms with Gasteiger partial charge in [-0.2, -0.15) is 0 Å². The Balaban J connectivity index is 2.18. The summed E-state index contributed by atoms with van der Waals surface area (Å²) < 4.78 is 27.8. The molecule has 0 bridgehead atoms. The molecule has 1 aromatic heterocycles. The van der Waals surface area contributed by atoms with E-state index in [1.165, 1.54) is 18.3 Å². The first-order valence-electron chi connectivity index (χ1n) is 7.60. The number of carbonyl (C=O) groups is 1. The van der Waals surface area contributed by atoms with Gasteiger partial charge in [0.1, 0.15) is 5.15 Å². The molecule has 1 heterocycles. The summed E-state index contributed by atoms with van der Waals surface area (Å²) in [6.07, 6.45) is 1.36. The minimum Gasteiger partial charge on any atom is -0.348 e. The van der Waals surface area contributed by atoms with E-state index in [4.69, 9.17) is 11.6 Å². The second-order valence-corrected chi connectivity index (χ2v) is 8.55. The highest BCUT2D eigenvalue weighted by Gasteiger charge is 2.24. The van der Waals surface area contributed by atoms with E-state index >= 15 is 0 Å². The monoisotopic (exact) mass is 381 g/mol. The van der Waals surface area contributed by atoms with Crippen LogP contribution in [0.1, 0.15) is 36.7 Å². The topological polar surface area (TPSA) is 88.2 Å². The highest BCUT2D eigenvalue weighted by molar-refractivity contribution is 7.89. The number of hydrogen-bond donors (Lipinski definition) is 2. The van der Waals surface area contributed by atoms with Gasteiger partial charge in [-0.05, 0) is 44.5 Å². The average Bonchev–Trinajstić information content (AvgIpc) is 2.51. The quantitative estimate of drug-likeness (QED) is 0.779. The van der Waals surface area contributed by atoms with Crippen LogP contribution in [0.2, 0.25) is 5.15 Å². The summed E-state index contributed by atoms with van der Waals surface area (Å²) in [6, 6.07) is 9.61. The summed E-state index contributed by atoms with van der Waals surface area (Å²) in [5.74, 6) is -0.361. The molecule has 0 aliphatic heterocycles. The summed E-state index contributed by atoms with van der Waals surface area (Å²) in [6.45, 7) is 5.37. The molecule has 0 saturated carbocycles. The molecule has 0 radical (unpaired) electrons. The molecule has 1 amide bonds. The van der Waals surface area contributed by atoms with Crippen molar-refractivity contribution in [1.29, 1.82) is 0 Å². The molecule has 25 heavy (non-hydrogen) atoms. The lowest BCUT2D eigenvalue weighted by atomic mass is 10.1. The maximum Gasteiger partial charge on any atom is 0.253 e. The predicted octanol–water partition coefficient (Wildman–Crippen LogP) is 2.74. The van der Waals surface area contributed by atoms with Gasteiger partial charge in [0.2, 0.25) is 10.0 Å². The molecule has 0 aliphatic carbocycles. The maximum absolute atomic E-state index is 12.6. The molecule has 0 atom stereocenters. The molecule has 8 heteroatoms. The third kappa shape index (κ3) is 5.52. The molecule has 134 valence electrons. The SMILES string of the molecule is CC(C)(C)NS(=O)(=O)c1ccccc1CNC(=O)c1ccc(Cl)nc1. The fourth-order valence-corrected chi connectivity index (χ4v) is 3.93. The second-order valence-electron chi connectivity index (χ2n) is 6.52. The molecule has 0 unspecified atom stereocenters. The van der Waals surface area contributed by atoms with Crippen LogP contribution in [0.4, 0.5) is 0 Å². The smallest absolute Gasteiger partial charge is 0.253 e. The van der Waals surface area contributed by atoms with E-state index < -0.39 is 15.6 Å². The Morgan fingerprint density at radius 3 is 2.44 bits per heavy atom. The Morgan fingerprint density at radius 2 is 1.84 bits per heavy atom. The number of nitrogens with zero attached hydrogens (tertiary/aromatic N) is 1. The lowest BCUT2D eigenvalue weighted by molar-refractivity contribution is 0.0950. The largest absolute Gasteiger partial charge is 0.348 e. The van der Waals surface area contributed by atoms with Crippen LogP contribution in [0.3, 0.4) is 0 Å². The van der Waals surface area contributed by atoms with Crippen molar-refractivity contribution in [3.8, 4) is 0 Å². The minimum atomic E-state index is -3.70. The van der Waals surface area contributed by atoms with Crippen molar-refractivity contribution in [2.45, 2.75) is 37.8 Å². The average molecular weight is 382 g/mol. The van der Waals surface area contributed by atoms with Gasteiger partial charge in [0, 0.05) is 18.3 Å². The van der Waals surface area contributed by atoms with Gasteiger partial charge in [0.25, 0.3) is 5.91 Å². The van der Waals surface area contributed by atoms with E-state index in [-0.39, 0.29) is 17.3 Å². The highest BCUT2D eigenvalue weighted by atomic mass is 35.5. The predicted molar refractivity (Wildman–Crippen MR) is 96.9 cm³/mol. The minimum absolute atomic E-state index is 0.0721. The number of benzene rings is 1. The van der Waals surface area contributed by atoms with E-state index in [9.17, 15) is 13.2 Å². The number of halogens is 1. The molecule has 0 saturated heterocycles. The van der Waals surface area contributed by atoms with Crippen LogP contribution in [0, 0.1) is 0 Å². The molecule has 0 fully saturated rings. The zero-order chi connectivity index (χ0) is 18.7. The number of rotatable bonds is 5. The van der Waals surface area contributed by atoms with Gasteiger partial charge in [0.05, 0.1) is 10.5 Å². The summed E-state index contributed by atoms with van der Waals surface area (Å²) in [5, 5.41) is 2.99. The third-order valence-corrected chi connectivity index (χ3v) is 5.21. The van der Waals surface area contributed by atoms with Crippen LogP contribution in [-0.2, 0) is 16.6 Å². The lowest BCUT2D eigenvalue weighted by Gasteiger charge is -2.21. The van der Waals surface area contributed by atoms with Crippen molar-refractivity contribution in [3.63, 3.8) is 0 Å². The fraction of sp³-hybridized carbons (Fsp3) is 0.294. The zero-order valence-corrected chi connectivity index (χ0v) is 15.8. The van der Waals surface area contributed by atoms with Gasteiger partial charge < -0.3 is 5.32 Å². The first-order chi connectivity index (χ1) is 11.6. The van der Waals surface area contributed by atoms with E-state index in [1.54, 1.807) is 45.0 Å². The number of pyridine rings is 1. The van der Waals surface area contributed by atoms with Crippen molar-refractivity contribution in [1.82, 2.24) is 15.0 Å². The van der Waals surface area contributed by atoms with Gasteiger partial charge in [-0.25, -0.2) is 18.1 Å². The van der Waals surface area contributed by atoms with Crippen LogP contribution in [-0.4, -0.2) is 24.8 Å². The molecule has 6 nitrogen and oxygen atoms in total. The van der Waals surface area contributed by atoms with Crippen molar-refractivity contribution >= 4 is 27.5 Å². The number of carbonyl (C=O) groups excluding carboxylic acids is 1. The lowest BCUT2D eigenvalue weighted by Crippen LogP contribution is -2.41. The molecule has 2 aromatic rings. The molecular formula is C17H20ClN3O3S. The number of nitrogens with one attached hydrogen (secondary N) is 2. The van der Waals surface area contributed by atoms with E-state index in [2.05, 4.69) is 15.0 Å². The Bertz CT molecular complexity index is 859. The Labute approximate surface area is 152 Å². The molecule has 0 aliphatic rings. The van der Waals surface area contributed by atoms with Gasteiger partial charge in [0.15, 0.2) is 0 Å². The first kappa shape index (κ1) is 19.4.